The van der Waals surface area contributed by atoms with Gasteiger partial charge in [0, 0.05) is 26.7 Å². The fraction of sp³-hybridized carbons (Fsp3) is 0.500. The number of carbonyl (C=O) groups excluding carboxylic acids is 4. The highest BCUT2D eigenvalue weighted by atomic mass is 16.8. The van der Waals surface area contributed by atoms with Crippen LogP contribution in [0, 0.1) is 5.92 Å². The molecule has 2 aliphatic rings. The molecule has 9 heteroatoms. The first kappa shape index (κ1) is 20.8. The van der Waals surface area contributed by atoms with E-state index in [1.165, 1.54) is 20.8 Å². The molecule has 0 aromatic heterocycles. The fourth-order valence-corrected chi connectivity index (χ4v) is 3.53. The topological polar surface area (TPSA) is 114 Å². The molecule has 2 fully saturated rings. The predicted octanol–water partition coefficient (Wildman–Crippen LogP) is 1.38. The van der Waals surface area contributed by atoms with E-state index in [9.17, 15) is 19.2 Å². The van der Waals surface area contributed by atoms with E-state index in [0.717, 1.165) is 0 Å². The number of ether oxygens (including phenoxy) is 5. The van der Waals surface area contributed by atoms with Gasteiger partial charge in [-0.15, -0.1) is 0 Å². The molecule has 1 saturated heterocycles. The van der Waals surface area contributed by atoms with Crippen LogP contribution in [-0.4, -0.2) is 54.6 Å². The third-order valence-electron chi connectivity index (χ3n) is 4.78. The quantitative estimate of drug-likeness (QED) is 0.510. The van der Waals surface area contributed by atoms with Gasteiger partial charge in [0.2, 0.25) is 12.4 Å². The van der Waals surface area contributed by atoms with Gasteiger partial charge in [-0.25, -0.2) is 4.79 Å². The Hall–Kier alpha value is -2.94. The second-order valence-corrected chi connectivity index (χ2v) is 7.02. The van der Waals surface area contributed by atoms with Crippen LogP contribution in [0.4, 0.5) is 0 Å². The largest absolute Gasteiger partial charge is 0.462 e. The van der Waals surface area contributed by atoms with E-state index in [0.29, 0.717) is 12.0 Å². The molecular weight excluding hydrogens is 384 g/mol. The Labute approximate surface area is 167 Å². The molecule has 0 bridgehead atoms. The van der Waals surface area contributed by atoms with Crippen LogP contribution in [-0.2, 0) is 38.1 Å². The van der Waals surface area contributed by atoms with Crippen molar-refractivity contribution in [3.05, 3.63) is 35.9 Å². The van der Waals surface area contributed by atoms with Gasteiger partial charge >= 0.3 is 23.9 Å². The highest BCUT2D eigenvalue weighted by Gasteiger charge is 2.73. The zero-order chi connectivity index (χ0) is 21.2. The molecule has 5 atom stereocenters. The third kappa shape index (κ3) is 4.56. The zero-order valence-electron chi connectivity index (χ0n) is 16.3. The lowest BCUT2D eigenvalue weighted by molar-refractivity contribution is -0.197. The number of benzene rings is 1. The molecule has 1 aliphatic heterocycles. The monoisotopic (exact) mass is 406 g/mol. The van der Waals surface area contributed by atoms with E-state index in [1.807, 2.05) is 0 Å². The standard InChI is InChI=1S/C20H22O9/c1-11(21)26-16-17(27-12(2)22)20(29-19(16)28-13(3)23)9-15(20)10-25-18(24)14-7-5-4-6-8-14/h4-8,15-17,19H,9-10H2,1-3H3/t15-,16+,17?,19+,20+/m1/s1. The Bertz CT molecular complexity index is 805. The van der Waals surface area contributed by atoms with Crippen LogP contribution in [0.15, 0.2) is 30.3 Å². The Morgan fingerprint density at radius 3 is 2.17 bits per heavy atom. The van der Waals surface area contributed by atoms with Crippen LogP contribution < -0.4 is 0 Å². The molecule has 9 nitrogen and oxygen atoms in total. The average Bonchev–Trinajstić information content (AvgIpc) is 3.28. The van der Waals surface area contributed by atoms with Gasteiger partial charge in [-0.05, 0) is 18.6 Å². The van der Waals surface area contributed by atoms with Crippen molar-refractivity contribution < 1.29 is 42.9 Å². The lowest BCUT2D eigenvalue weighted by atomic mass is 10.1. The van der Waals surface area contributed by atoms with Gasteiger partial charge in [-0.3, -0.25) is 14.4 Å². The Morgan fingerprint density at radius 1 is 0.966 bits per heavy atom. The second kappa shape index (κ2) is 8.20. The number of rotatable bonds is 6. The molecule has 1 heterocycles. The van der Waals surface area contributed by atoms with E-state index >= 15 is 0 Å². The molecule has 29 heavy (non-hydrogen) atoms. The molecule has 1 unspecified atom stereocenters. The average molecular weight is 406 g/mol. The Balaban J connectivity index is 1.73. The molecule has 1 saturated carbocycles. The van der Waals surface area contributed by atoms with Crippen LogP contribution >= 0.6 is 0 Å². The van der Waals surface area contributed by atoms with Crippen LogP contribution in [0.3, 0.4) is 0 Å². The lowest BCUT2D eigenvalue weighted by Gasteiger charge is -2.23. The minimum absolute atomic E-state index is 0.00503. The first-order chi connectivity index (χ1) is 13.7. The summed E-state index contributed by atoms with van der Waals surface area (Å²) in [4.78, 5) is 46.7. The van der Waals surface area contributed by atoms with Gasteiger partial charge in [0.05, 0.1) is 12.2 Å². The van der Waals surface area contributed by atoms with Crippen LogP contribution in [0.25, 0.3) is 0 Å². The molecule has 0 amide bonds. The van der Waals surface area contributed by atoms with Gasteiger partial charge in [0.25, 0.3) is 0 Å². The van der Waals surface area contributed by atoms with Crippen molar-refractivity contribution in [2.45, 2.75) is 51.3 Å². The van der Waals surface area contributed by atoms with Crippen LogP contribution in [0.1, 0.15) is 37.6 Å². The third-order valence-corrected chi connectivity index (χ3v) is 4.78. The second-order valence-electron chi connectivity index (χ2n) is 7.02. The molecule has 156 valence electrons. The summed E-state index contributed by atoms with van der Waals surface area (Å²) in [6, 6.07) is 8.49. The molecular formula is C20H22O9. The van der Waals surface area contributed by atoms with Gasteiger partial charge < -0.3 is 23.7 Å². The maximum atomic E-state index is 12.2. The van der Waals surface area contributed by atoms with Gasteiger partial charge in [0.1, 0.15) is 5.60 Å². The molecule has 1 spiro atoms. The predicted molar refractivity (Wildman–Crippen MR) is 95.3 cm³/mol. The summed E-state index contributed by atoms with van der Waals surface area (Å²) in [6.45, 7) is 3.59. The lowest BCUT2D eigenvalue weighted by Crippen LogP contribution is -2.42. The summed E-state index contributed by atoms with van der Waals surface area (Å²) < 4.78 is 26.9. The van der Waals surface area contributed by atoms with E-state index in [2.05, 4.69) is 0 Å². The summed E-state index contributed by atoms with van der Waals surface area (Å²) >= 11 is 0. The summed E-state index contributed by atoms with van der Waals surface area (Å²) in [7, 11) is 0. The molecule has 1 aromatic rings. The van der Waals surface area contributed by atoms with Gasteiger partial charge in [-0.2, -0.15) is 0 Å². The van der Waals surface area contributed by atoms with Crippen molar-refractivity contribution in [2.24, 2.45) is 5.92 Å². The smallest absolute Gasteiger partial charge is 0.338 e. The first-order valence-electron chi connectivity index (χ1n) is 9.14. The Kier molecular flexibility index (Phi) is 5.88. The highest BCUT2D eigenvalue weighted by Crippen LogP contribution is 2.57. The summed E-state index contributed by atoms with van der Waals surface area (Å²) in [5.41, 5.74) is -0.662. The minimum Gasteiger partial charge on any atom is -0.462 e. The van der Waals surface area contributed by atoms with Crippen molar-refractivity contribution in [3.63, 3.8) is 0 Å². The molecule has 0 radical (unpaired) electrons. The van der Waals surface area contributed by atoms with E-state index < -0.39 is 48.0 Å². The van der Waals surface area contributed by atoms with Crippen LogP contribution in [0.2, 0.25) is 0 Å². The van der Waals surface area contributed by atoms with E-state index in [-0.39, 0.29) is 12.5 Å². The van der Waals surface area contributed by atoms with Gasteiger partial charge in [-0.1, -0.05) is 18.2 Å². The first-order valence-corrected chi connectivity index (χ1v) is 9.14. The molecule has 0 N–H and O–H groups in total. The SMILES string of the molecule is CC(=O)OC1[C@H](OC(C)=O)[C@@H](OC(C)=O)O[C@]12C[C@@H]2COC(=O)c1ccccc1. The summed E-state index contributed by atoms with van der Waals surface area (Å²) in [5, 5.41) is 0. The number of carbonyl (C=O) groups is 4. The highest BCUT2D eigenvalue weighted by molar-refractivity contribution is 5.89. The fourth-order valence-electron chi connectivity index (χ4n) is 3.53. The molecule has 1 aromatic carbocycles. The zero-order valence-corrected chi connectivity index (χ0v) is 16.3. The number of esters is 4. The number of hydrogen-bond acceptors (Lipinski definition) is 9. The maximum Gasteiger partial charge on any atom is 0.338 e. The maximum absolute atomic E-state index is 12.2. The molecule has 1 aliphatic carbocycles. The minimum atomic E-state index is -1.23. The Morgan fingerprint density at radius 2 is 1.59 bits per heavy atom. The van der Waals surface area contributed by atoms with Crippen molar-refractivity contribution in [1.29, 1.82) is 0 Å². The molecule has 3 rings (SSSR count). The normalized spacial score (nSPS) is 29.8. The van der Waals surface area contributed by atoms with Crippen LogP contribution in [0.5, 0.6) is 0 Å². The van der Waals surface area contributed by atoms with E-state index in [4.69, 9.17) is 23.7 Å². The van der Waals surface area contributed by atoms with Crippen molar-refractivity contribution in [2.75, 3.05) is 6.61 Å². The summed E-state index contributed by atoms with van der Waals surface area (Å²) in [5.74, 6) is -2.71. The van der Waals surface area contributed by atoms with E-state index in [1.54, 1.807) is 30.3 Å². The summed E-state index contributed by atoms with van der Waals surface area (Å²) in [6.07, 6.45) is -2.96. The van der Waals surface area contributed by atoms with Crippen molar-refractivity contribution in [1.82, 2.24) is 0 Å². The van der Waals surface area contributed by atoms with Crippen molar-refractivity contribution >= 4 is 23.9 Å². The van der Waals surface area contributed by atoms with Crippen molar-refractivity contribution in [3.8, 4) is 0 Å². The van der Waals surface area contributed by atoms with Gasteiger partial charge in [0.15, 0.2) is 6.10 Å². The number of hydrogen-bond donors (Lipinski definition) is 0.